The minimum Gasteiger partial charge on any atom is -0.469 e. The van der Waals surface area contributed by atoms with Gasteiger partial charge in [0, 0.05) is 12.1 Å². The van der Waals surface area contributed by atoms with Gasteiger partial charge in [0.15, 0.2) is 5.16 Å². The average molecular weight is 342 g/mol. The third-order valence-electron chi connectivity index (χ3n) is 2.34. The van der Waals surface area contributed by atoms with E-state index in [1.165, 1.54) is 13.2 Å². The van der Waals surface area contributed by atoms with Crippen molar-refractivity contribution in [2.24, 2.45) is 0 Å². The Labute approximate surface area is 136 Å². The molecule has 0 atom stereocenters. The summed E-state index contributed by atoms with van der Waals surface area (Å²) in [5, 5.41) is 4.84. The molecule has 0 aromatic carbocycles. The molecular weight excluding hydrogens is 324 g/mol. The monoisotopic (exact) mass is 342 g/mol. The molecule has 0 bridgehead atoms. The normalized spacial score (nSPS) is 10.3. The van der Waals surface area contributed by atoms with Crippen molar-refractivity contribution in [2.45, 2.75) is 31.5 Å². The predicted octanol–water partition coefficient (Wildman–Crippen LogP) is -0.188. The number of methoxy groups -OCH3 is 1. The standard InChI is InChI=1S/C13H18N4O5S/c1-7(2)14-12(21)16-10(19)6-23-13-15-8(4-9(18)17-13)5-11(20)22-3/h4,7H,5-6H2,1-3H3,(H,15,17,18)(H2,14,16,19,21). The molecule has 0 aliphatic rings. The second kappa shape index (κ2) is 8.93. The zero-order valence-corrected chi connectivity index (χ0v) is 13.8. The van der Waals surface area contributed by atoms with Crippen LogP contribution in [0, 0.1) is 0 Å². The molecule has 0 unspecified atom stereocenters. The van der Waals surface area contributed by atoms with Gasteiger partial charge in [0.25, 0.3) is 5.56 Å². The number of nitrogens with one attached hydrogen (secondary N) is 3. The number of aromatic nitrogens is 2. The summed E-state index contributed by atoms with van der Waals surface area (Å²) in [6, 6.07) is 0.493. The summed E-state index contributed by atoms with van der Waals surface area (Å²) in [6.45, 7) is 3.53. The van der Waals surface area contributed by atoms with Crippen LogP contribution in [-0.2, 0) is 20.7 Å². The van der Waals surface area contributed by atoms with Gasteiger partial charge in [-0.2, -0.15) is 0 Å². The Hall–Kier alpha value is -2.36. The van der Waals surface area contributed by atoms with Crippen molar-refractivity contribution in [1.29, 1.82) is 0 Å². The van der Waals surface area contributed by atoms with E-state index in [0.29, 0.717) is 0 Å². The van der Waals surface area contributed by atoms with Gasteiger partial charge in [0.05, 0.1) is 25.0 Å². The van der Waals surface area contributed by atoms with Crippen molar-refractivity contribution in [3.8, 4) is 0 Å². The molecule has 1 rings (SSSR count). The lowest BCUT2D eigenvalue weighted by atomic mass is 10.3. The minimum atomic E-state index is -0.591. The van der Waals surface area contributed by atoms with E-state index in [4.69, 9.17) is 0 Å². The van der Waals surface area contributed by atoms with Gasteiger partial charge in [0.2, 0.25) is 5.91 Å². The van der Waals surface area contributed by atoms with Crippen LogP contribution in [0.3, 0.4) is 0 Å². The van der Waals surface area contributed by atoms with Crippen molar-refractivity contribution < 1.29 is 19.1 Å². The summed E-state index contributed by atoms with van der Waals surface area (Å²) in [6.07, 6.45) is -0.142. The Kier molecular flexibility index (Phi) is 7.26. The van der Waals surface area contributed by atoms with Gasteiger partial charge in [-0.1, -0.05) is 11.8 Å². The second-order valence-electron chi connectivity index (χ2n) is 4.76. The Bertz CT molecular complexity index is 643. The van der Waals surface area contributed by atoms with Gasteiger partial charge >= 0.3 is 12.0 Å². The number of rotatable bonds is 6. The Balaban J connectivity index is 2.60. The molecule has 3 N–H and O–H groups in total. The van der Waals surface area contributed by atoms with Gasteiger partial charge in [-0.15, -0.1) is 0 Å². The lowest BCUT2D eigenvalue weighted by Crippen LogP contribution is -2.43. The van der Waals surface area contributed by atoms with Crippen LogP contribution in [0.15, 0.2) is 16.0 Å². The molecule has 0 saturated heterocycles. The van der Waals surface area contributed by atoms with Crippen LogP contribution in [0.4, 0.5) is 4.79 Å². The number of esters is 1. The fraction of sp³-hybridized carbons (Fsp3) is 0.462. The number of hydrogen-bond donors (Lipinski definition) is 3. The number of imide groups is 1. The highest BCUT2D eigenvalue weighted by molar-refractivity contribution is 7.99. The molecule has 10 heteroatoms. The smallest absolute Gasteiger partial charge is 0.321 e. The quantitative estimate of drug-likeness (QED) is 0.371. The molecule has 1 aromatic heterocycles. The number of carbonyl (C=O) groups is 3. The summed E-state index contributed by atoms with van der Waals surface area (Å²) >= 11 is 0.942. The molecule has 0 radical (unpaired) electrons. The Morgan fingerprint density at radius 1 is 1.39 bits per heavy atom. The maximum absolute atomic E-state index is 11.6. The molecular formula is C13H18N4O5S. The fourth-order valence-electron chi connectivity index (χ4n) is 1.46. The third kappa shape index (κ3) is 7.45. The van der Waals surface area contributed by atoms with Gasteiger partial charge in [-0.05, 0) is 13.8 Å². The van der Waals surface area contributed by atoms with E-state index in [9.17, 15) is 19.2 Å². The first-order valence-electron chi connectivity index (χ1n) is 6.70. The van der Waals surface area contributed by atoms with Crippen molar-refractivity contribution in [1.82, 2.24) is 20.6 Å². The minimum absolute atomic E-state index is 0.0940. The molecule has 1 heterocycles. The summed E-state index contributed by atoms with van der Waals surface area (Å²) in [7, 11) is 1.23. The molecule has 0 fully saturated rings. The molecule has 0 aliphatic heterocycles. The van der Waals surface area contributed by atoms with Crippen LogP contribution in [0.25, 0.3) is 0 Å². The summed E-state index contributed by atoms with van der Waals surface area (Å²) < 4.78 is 4.50. The number of carbonyl (C=O) groups excluding carboxylic acids is 3. The Morgan fingerprint density at radius 3 is 2.70 bits per heavy atom. The van der Waals surface area contributed by atoms with E-state index < -0.39 is 23.5 Å². The summed E-state index contributed by atoms with van der Waals surface area (Å²) in [5.41, 5.74) is -0.208. The van der Waals surface area contributed by atoms with Crippen molar-refractivity contribution in [3.63, 3.8) is 0 Å². The number of nitrogens with zero attached hydrogens (tertiary/aromatic N) is 1. The van der Waals surface area contributed by atoms with E-state index in [1.54, 1.807) is 13.8 Å². The number of hydrogen-bond acceptors (Lipinski definition) is 7. The average Bonchev–Trinajstić information content (AvgIpc) is 2.43. The van der Waals surface area contributed by atoms with Crippen molar-refractivity contribution in [3.05, 3.63) is 22.1 Å². The molecule has 9 nitrogen and oxygen atoms in total. The zero-order chi connectivity index (χ0) is 17.4. The highest BCUT2D eigenvalue weighted by Gasteiger charge is 2.11. The first-order valence-corrected chi connectivity index (χ1v) is 7.69. The molecule has 0 saturated carbocycles. The maximum Gasteiger partial charge on any atom is 0.321 e. The SMILES string of the molecule is COC(=O)Cc1cc(=O)[nH]c(SCC(=O)NC(=O)NC(C)C)n1. The number of amides is 3. The maximum atomic E-state index is 11.6. The molecule has 23 heavy (non-hydrogen) atoms. The van der Waals surface area contributed by atoms with Crippen LogP contribution < -0.4 is 16.2 Å². The number of thioether (sulfide) groups is 1. The fourth-order valence-corrected chi connectivity index (χ4v) is 2.15. The predicted molar refractivity (Wildman–Crippen MR) is 83.1 cm³/mol. The van der Waals surface area contributed by atoms with Gasteiger partial charge in [-0.3, -0.25) is 19.7 Å². The summed E-state index contributed by atoms with van der Waals surface area (Å²) in [4.78, 5) is 52.2. The number of H-pyrrole nitrogens is 1. The highest BCUT2D eigenvalue weighted by atomic mass is 32.2. The van der Waals surface area contributed by atoms with Crippen molar-refractivity contribution >= 4 is 29.7 Å². The lowest BCUT2D eigenvalue weighted by Gasteiger charge is -2.09. The van der Waals surface area contributed by atoms with Crippen LogP contribution in [0.1, 0.15) is 19.5 Å². The second-order valence-corrected chi connectivity index (χ2v) is 5.72. The summed E-state index contributed by atoms with van der Waals surface area (Å²) in [5.74, 6) is -1.17. The highest BCUT2D eigenvalue weighted by Crippen LogP contribution is 2.11. The molecule has 3 amide bonds. The van der Waals surface area contributed by atoms with E-state index in [1.807, 2.05) is 0 Å². The number of ether oxygens (including phenoxy) is 1. The molecule has 1 aromatic rings. The largest absolute Gasteiger partial charge is 0.469 e. The van der Waals surface area contributed by atoms with E-state index >= 15 is 0 Å². The molecule has 0 aliphatic carbocycles. The molecule has 126 valence electrons. The van der Waals surface area contributed by atoms with E-state index in [0.717, 1.165) is 11.8 Å². The zero-order valence-electron chi connectivity index (χ0n) is 13.0. The van der Waals surface area contributed by atoms with E-state index in [-0.39, 0.29) is 29.1 Å². The van der Waals surface area contributed by atoms with Gasteiger partial charge in [0.1, 0.15) is 0 Å². The number of aromatic amines is 1. The van der Waals surface area contributed by atoms with Crippen molar-refractivity contribution in [2.75, 3.05) is 12.9 Å². The van der Waals surface area contributed by atoms with Gasteiger partial charge < -0.3 is 15.0 Å². The topological polar surface area (TPSA) is 130 Å². The first kappa shape index (κ1) is 18.7. The Morgan fingerprint density at radius 2 is 2.09 bits per heavy atom. The van der Waals surface area contributed by atoms with E-state index in [2.05, 4.69) is 25.3 Å². The third-order valence-corrected chi connectivity index (χ3v) is 3.21. The molecule has 0 spiro atoms. The van der Waals surface area contributed by atoms with Crippen LogP contribution in [0.5, 0.6) is 0 Å². The van der Waals surface area contributed by atoms with Crippen LogP contribution in [0.2, 0.25) is 0 Å². The number of urea groups is 1. The first-order chi connectivity index (χ1) is 10.8. The van der Waals surface area contributed by atoms with Gasteiger partial charge in [-0.25, -0.2) is 9.78 Å². The van der Waals surface area contributed by atoms with Crippen LogP contribution >= 0.6 is 11.8 Å². The van der Waals surface area contributed by atoms with Crippen LogP contribution in [-0.4, -0.2) is 46.8 Å². The lowest BCUT2D eigenvalue weighted by molar-refractivity contribution is -0.139.